The van der Waals surface area contributed by atoms with Crippen LogP contribution in [0.15, 0.2) is 0 Å². The minimum atomic E-state index is -2.97. The van der Waals surface area contributed by atoms with Crippen LogP contribution in [0.1, 0.15) is 26.7 Å². The van der Waals surface area contributed by atoms with E-state index in [1.165, 1.54) is 6.26 Å². The second-order valence-corrected chi connectivity index (χ2v) is 7.71. The second-order valence-electron chi connectivity index (χ2n) is 5.45. The van der Waals surface area contributed by atoms with Crippen LogP contribution < -0.4 is 11.3 Å². The number of hydrazine groups is 1. The Balaban J connectivity index is 2.77. The molecule has 1 saturated heterocycles. The first-order chi connectivity index (χ1) is 8.83. The van der Waals surface area contributed by atoms with Gasteiger partial charge in [-0.05, 0) is 19.8 Å². The third-order valence-electron chi connectivity index (χ3n) is 4.18. The van der Waals surface area contributed by atoms with Crippen molar-refractivity contribution in [1.82, 2.24) is 10.3 Å². The summed E-state index contributed by atoms with van der Waals surface area (Å²) in [5, 5.41) is 0. The Hall–Kier alpha value is -0.210. The lowest BCUT2D eigenvalue weighted by molar-refractivity contribution is -0.0327. The molecule has 0 aliphatic carbocycles. The van der Waals surface area contributed by atoms with Crippen LogP contribution in [-0.4, -0.2) is 63.2 Å². The molecule has 0 radical (unpaired) electrons. The average molecular weight is 293 g/mol. The van der Waals surface area contributed by atoms with Gasteiger partial charge in [-0.25, -0.2) is 8.42 Å². The van der Waals surface area contributed by atoms with Gasteiger partial charge < -0.3 is 4.74 Å². The van der Waals surface area contributed by atoms with E-state index in [0.717, 1.165) is 32.7 Å². The van der Waals surface area contributed by atoms with Crippen molar-refractivity contribution in [3.8, 4) is 0 Å². The average Bonchev–Trinajstić information content (AvgIpc) is 2.38. The van der Waals surface area contributed by atoms with Crippen molar-refractivity contribution in [2.24, 2.45) is 5.84 Å². The highest BCUT2D eigenvalue weighted by Crippen LogP contribution is 2.26. The maximum atomic E-state index is 11.3. The molecule has 0 spiro atoms. The number of morpholine rings is 1. The highest BCUT2D eigenvalue weighted by Gasteiger charge is 2.38. The van der Waals surface area contributed by atoms with Crippen LogP contribution in [0, 0.1) is 0 Å². The fraction of sp³-hybridized carbons (Fsp3) is 1.00. The number of hydrogen-bond acceptors (Lipinski definition) is 6. The number of ether oxygens (including phenoxy) is 1. The summed E-state index contributed by atoms with van der Waals surface area (Å²) in [5.74, 6) is 5.82. The maximum Gasteiger partial charge on any atom is 0.147 e. The molecule has 114 valence electrons. The molecule has 1 heterocycles. The van der Waals surface area contributed by atoms with Crippen molar-refractivity contribution in [3.05, 3.63) is 0 Å². The van der Waals surface area contributed by atoms with Crippen molar-refractivity contribution in [3.63, 3.8) is 0 Å². The molecular weight excluding hydrogens is 266 g/mol. The first-order valence-corrected chi connectivity index (χ1v) is 8.86. The zero-order chi connectivity index (χ0) is 14.5. The lowest BCUT2D eigenvalue weighted by atomic mass is 9.85. The molecule has 2 unspecified atom stereocenters. The third kappa shape index (κ3) is 4.68. The zero-order valence-electron chi connectivity index (χ0n) is 12.2. The SMILES string of the molecule is CCC(C)(C(CCS(C)(=O)=O)NN)N1CCOCC1. The number of nitrogens with one attached hydrogen (secondary N) is 1. The molecule has 19 heavy (non-hydrogen) atoms. The van der Waals surface area contributed by atoms with E-state index in [1.54, 1.807) is 0 Å². The molecule has 2 atom stereocenters. The van der Waals surface area contributed by atoms with E-state index in [4.69, 9.17) is 10.6 Å². The van der Waals surface area contributed by atoms with E-state index < -0.39 is 9.84 Å². The zero-order valence-corrected chi connectivity index (χ0v) is 13.0. The molecule has 0 bridgehead atoms. The Kier molecular flexibility index (Phi) is 6.19. The molecule has 1 aliphatic rings. The highest BCUT2D eigenvalue weighted by atomic mass is 32.2. The summed E-state index contributed by atoms with van der Waals surface area (Å²) in [4.78, 5) is 2.35. The molecule has 1 rings (SSSR count). The van der Waals surface area contributed by atoms with E-state index in [2.05, 4.69) is 24.2 Å². The number of nitrogens with two attached hydrogens (primary N) is 1. The summed E-state index contributed by atoms with van der Waals surface area (Å²) in [7, 11) is -2.97. The first kappa shape index (κ1) is 16.8. The van der Waals surface area contributed by atoms with Gasteiger partial charge in [0.1, 0.15) is 9.84 Å². The molecule has 0 saturated carbocycles. The van der Waals surface area contributed by atoms with Gasteiger partial charge in [0.15, 0.2) is 0 Å². The van der Waals surface area contributed by atoms with E-state index >= 15 is 0 Å². The predicted octanol–water partition coefficient (Wildman–Crippen LogP) is -0.246. The third-order valence-corrected chi connectivity index (χ3v) is 5.16. The normalized spacial score (nSPS) is 22.9. The lowest BCUT2D eigenvalue weighted by Crippen LogP contribution is -2.63. The van der Waals surface area contributed by atoms with Gasteiger partial charge in [0.25, 0.3) is 0 Å². The van der Waals surface area contributed by atoms with Crippen molar-refractivity contribution < 1.29 is 13.2 Å². The fourth-order valence-corrected chi connectivity index (χ4v) is 3.33. The summed E-state index contributed by atoms with van der Waals surface area (Å²) in [5.41, 5.74) is 2.67. The Morgan fingerprint density at radius 1 is 1.42 bits per heavy atom. The summed E-state index contributed by atoms with van der Waals surface area (Å²) in [6, 6.07) is -0.0506. The topological polar surface area (TPSA) is 84.7 Å². The molecule has 1 aliphatic heterocycles. The molecule has 3 N–H and O–H groups in total. The van der Waals surface area contributed by atoms with Crippen LogP contribution >= 0.6 is 0 Å². The summed E-state index contributed by atoms with van der Waals surface area (Å²) < 4.78 is 28.1. The molecule has 0 aromatic heterocycles. The molecule has 0 amide bonds. The van der Waals surface area contributed by atoms with Crippen molar-refractivity contribution in [2.45, 2.75) is 38.3 Å². The standard InChI is InChI=1S/C12H27N3O3S/c1-4-12(2,15-6-8-18-9-7-15)11(14-13)5-10-19(3,16)17/h11,14H,4-10,13H2,1-3H3. The van der Waals surface area contributed by atoms with E-state index in [-0.39, 0.29) is 17.3 Å². The highest BCUT2D eigenvalue weighted by molar-refractivity contribution is 7.90. The van der Waals surface area contributed by atoms with E-state index in [0.29, 0.717) is 6.42 Å². The largest absolute Gasteiger partial charge is 0.379 e. The number of hydrogen-bond donors (Lipinski definition) is 2. The van der Waals surface area contributed by atoms with Crippen LogP contribution in [0.2, 0.25) is 0 Å². The lowest BCUT2D eigenvalue weighted by Gasteiger charge is -2.47. The molecule has 0 aromatic rings. The van der Waals surface area contributed by atoms with Crippen molar-refractivity contribution >= 4 is 9.84 Å². The molecule has 6 nitrogen and oxygen atoms in total. The van der Waals surface area contributed by atoms with E-state index in [1.807, 2.05) is 0 Å². The van der Waals surface area contributed by atoms with Crippen LogP contribution in [0.3, 0.4) is 0 Å². The van der Waals surface area contributed by atoms with Gasteiger partial charge in [-0.3, -0.25) is 16.2 Å². The van der Waals surface area contributed by atoms with Gasteiger partial charge in [-0.15, -0.1) is 0 Å². The summed E-state index contributed by atoms with van der Waals surface area (Å²) in [6.45, 7) is 7.42. The first-order valence-electron chi connectivity index (χ1n) is 6.80. The van der Waals surface area contributed by atoms with Gasteiger partial charge in [0, 0.05) is 30.9 Å². The van der Waals surface area contributed by atoms with Crippen LogP contribution in [-0.2, 0) is 14.6 Å². The molecule has 1 fully saturated rings. The minimum Gasteiger partial charge on any atom is -0.379 e. The number of sulfone groups is 1. The molecule has 7 heteroatoms. The van der Waals surface area contributed by atoms with Crippen LogP contribution in [0.4, 0.5) is 0 Å². The fourth-order valence-electron chi connectivity index (χ4n) is 2.67. The Morgan fingerprint density at radius 3 is 2.42 bits per heavy atom. The number of rotatable bonds is 7. The summed E-state index contributed by atoms with van der Waals surface area (Å²) in [6.07, 6.45) is 2.70. The van der Waals surface area contributed by atoms with Gasteiger partial charge in [-0.1, -0.05) is 6.92 Å². The Bertz CT molecular complexity index is 368. The van der Waals surface area contributed by atoms with Crippen LogP contribution in [0.25, 0.3) is 0 Å². The smallest absolute Gasteiger partial charge is 0.147 e. The van der Waals surface area contributed by atoms with Gasteiger partial charge in [0.2, 0.25) is 0 Å². The summed E-state index contributed by atoms with van der Waals surface area (Å²) >= 11 is 0. The minimum absolute atomic E-state index is 0.0506. The Labute approximate surface area is 116 Å². The molecular formula is C12H27N3O3S. The predicted molar refractivity (Wildman–Crippen MR) is 76.5 cm³/mol. The maximum absolute atomic E-state index is 11.3. The quantitative estimate of drug-likeness (QED) is 0.497. The monoisotopic (exact) mass is 293 g/mol. The number of nitrogens with zero attached hydrogens (tertiary/aromatic N) is 1. The van der Waals surface area contributed by atoms with Gasteiger partial charge in [0.05, 0.1) is 19.0 Å². The van der Waals surface area contributed by atoms with Crippen molar-refractivity contribution in [2.75, 3.05) is 38.3 Å². The van der Waals surface area contributed by atoms with Gasteiger partial charge in [-0.2, -0.15) is 0 Å². The van der Waals surface area contributed by atoms with Crippen molar-refractivity contribution in [1.29, 1.82) is 0 Å². The van der Waals surface area contributed by atoms with E-state index in [9.17, 15) is 8.42 Å². The Morgan fingerprint density at radius 2 is 2.00 bits per heavy atom. The van der Waals surface area contributed by atoms with Crippen LogP contribution in [0.5, 0.6) is 0 Å². The van der Waals surface area contributed by atoms with Gasteiger partial charge >= 0.3 is 0 Å². The second kappa shape index (κ2) is 6.99. The molecule has 0 aromatic carbocycles.